The Bertz CT molecular complexity index is 921. The van der Waals surface area contributed by atoms with E-state index in [0.717, 1.165) is 18.4 Å². The molecule has 148 valence electrons. The monoisotopic (exact) mass is 401 g/mol. The molecule has 1 aromatic carbocycles. The zero-order chi connectivity index (χ0) is 20.5. The average molecular weight is 402 g/mol. The normalized spacial score (nSPS) is 15.4. The number of ketones is 2. The largest absolute Gasteiger partial charge is 0.457 e. The van der Waals surface area contributed by atoms with E-state index in [2.05, 4.69) is 4.98 Å². The van der Waals surface area contributed by atoms with Crippen LogP contribution in [-0.2, 0) is 14.9 Å². The highest BCUT2D eigenvalue weighted by Crippen LogP contribution is 2.42. The summed E-state index contributed by atoms with van der Waals surface area (Å²) in [5.41, 5.74) is 2.23. The van der Waals surface area contributed by atoms with E-state index in [4.69, 9.17) is 16.3 Å². The Morgan fingerprint density at radius 1 is 1.11 bits per heavy atom. The molecule has 1 saturated carbocycles. The number of nitrogens with one attached hydrogen (secondary N) is 1. The van der Waals surface area contributed by atoms with Gasteiger partial charge in [0, 0.05) is 16.3 Å². The standard InChI is InChI=1S/C22H24ClNO4/c1-13-19(15(3)25)14(2)24-20(13)18(26)12-28-21(27)22(10-4-5-11-22)16-6-8-17(23)9-7-16/h6-9,24H,4-5,10-12H2,1-3H3. The Hall–Kier alpha value is -2.40. The first kappa shape index (κ1) is 20.3. The van der Waals surface area contributed by atoms with Crippen LogP contribution in [0.5, 0.6) is 0 Å². The Kier molecular flexibility index (Phi) is 5.75. The number of carbonyl (C=O) groups is 3. The molecule has 28 heavy (non-hydrogen) atoms. The summed E-state index contributed by atoms with van der Waals surface area (Å²) in [4.78, 5) is 40.3. The van der Waals surface area contributed by atoms with Crippen LogP contribution in [0.15, 0.2) is 24.3 Å². The number of aromatic nitrogens is 1. The van der Waals surface area contributed by atoms with Crippen LogP contribution in [0.4, 0.5) is 0 Å². The molecule has 1 fully saturated rings. The van der Waals surface area contributed by atoms with E-state index in [-0.39, 0.29) is 24.1 Å². The van der Waals surface area contributed by atoms with E-state index in [1.807, 2.05) is 12.1 Å². The number of esters is 1. The molecule has 0 aliphatic heterocycles. The van der Waals surface area contributed by atoms with Gasteiger partial charge in [-0.25, -0.2) is 0 Å². The maximum atomic E-state index is 13.0. The number of carbonyl (C=O) groups excluding carboxylic acids is 3. The number of ether oxygens (including phenoxy) is 1. The predicted molar refractivity (Wildman–Crippen MR) is 107 cm³/mol. The average Bonchev–Trinajstić information content (AvgIpc) is 3.25. The van der Waals surface area contributed by atoms with Crippen LogP contribution in [0, 0.1) is 13.8 Å². The van der Waals surface area contributed by atoms with Gasteiger partial charge >= 0.3 is 5.97 Å². The molecular formula is C22H24ClNO4. The summed E-state index contributed by atoms with van der Waals surface area (Å²) in [5.74, 6) is -0.825. The number of halogens is 1. The van der Waals surface area contributed by atoms with E-state index >= 15 is 0 Å². The van der Waals surface area contributed by atoms with Crippen molar-refractivity contribution in [2.75, 3.05) is 6.61 Å². The van der Waals surface area contributed by atoms with Gasteiger partial charge in [-0.3, -0.25) is 14.4 Å². The highest BCUT2D eigenvalue weighted by atomic mass is 35.5. The van der Waals surface area contributed by atoms with Gasteiger partial charge < -0.3 is 9.72 Å². The minimum absolute atomic E-state index is 0.102. The van der Waals surface area contributed by atoms with Gasteiger partial charge in [0.05, 0.1) is 11.1 Å². The number of Topliss-reactive ketones (excluding diaryl/α,β-unsaturated/α-hetero) is 2. The van der Waals surface area contributed by atoms with Gasteiger partial charge in [-0.15, -0.1) is 0 Å². The quantitative estimate of drug-likeness (QED) is 0.561. The van der Waals surface area contributed by atoms with Gasteiger partial charge in [0.1, 0.15) is 0 Å². The van der Waals surface area contributed by atoms with Gasteiger partial charge in [-0.1, -0.05) is 36.6 Å². The summed E-state index contributed by atoms with van der Waals surface area (Å²) in [5, 5.41) is 0.610. The number of rotatable bonds is 6. The summed E-state index contributed by atoms with van der Waals surface area (Å²) >= 11 is 5.98. The van der Waals surface area contributed by atoms with Gasteiger partial charge in [-0.05, 0) is 56.9 Å². The fraction of sp³-hybridized carbons (Fsp3) is 0.409. The molecule has 0 atom stereocenters. The minimum Gasteiger partial charge on any atom is -0.457 e. The fourth-order valence-corrected chi connectivity index (χ4v) is 4.38. The van der Waals surface area contributed by atoms with Crippen molar-refractivity contribution < 1.29 is 19.1 Å². The van der Waals surface area contributed by atoms with Crippen LogP contribution in [0.3, 0.4) is 0 Å². The van der Waals surface area contributed by atoms with Crippen molar-refractivity contribution in [3.05, 3.63) is 57.4 Å². The number of hydrogen-bond donors (Lipinski definition) is 1. The van der Waals surface area contributed by atoms with Gasteiger partial charge in [-0.2, -0.15) is 0 Å². The van der Waals surface area contributed by atoms with E-state index < -0.39 is 5.41 Å². The fourth-order valence-electron chi connectivity index (χ4n) is 4.26. The van der Waals surface area contributed by atoms with Crippen molar-refractivity contribution in [2.45, 2.75) is 51.9 Å². The third-order valence-corrected chi connectivity index (χ3v) is 5.90. The second-order valence-corrected chi connectivity index (χ2v) is 7.91. The number of benzene rings is 1. The van der Waals surface area contributed by atoms with Crippen molar-refractivity contribution in [3.8, 4) is 0 Å². The van der Waals surface area contributed by atoms with E-state index in [9.17, 15) is 14.4 Å². The molecule has 0 saturated heterocycles. The second-order valence-electron chi connectivity index (χ2n) is 7.48. The summed E-state index contributed by atoms with van der Waals surface area (Å²) in [6.07, 6.45) is 3.25. The summed E-state index contributed by atoms with van der Waals surface area (Å²) < 4.78 is 5.47. The maximum absolute atomic E-state index is 13.0. The van der Waals surface area contributed by atoms with Gasteiger partial charge in [0.2, 0.25) is 5.78 Å². The summed E-state index contributed by atoms with van der Waals surface area (Å²) in [6.45, 7) is 4.59. The predicted octanol–water partition coefficient (Wildman–Crippen LogP) is 4.73. The summed E-state index contributed by atoms with van der Waals surface area (Å²) in [7, 11) is 0. The molecule has 3 rings (SSSR count). The van der Waals surface area contributed by atoms with Crippen LogP contribution < -0.4 is 0 Å². The molecular weight excluding hydrogens is 378 g/mol. The first-order valence-corrected chi connectivity index (χ1v) is 9.80. The zero-order valence-corrected chi connectivity index (χ0v) is 17.1. The SMILES string of the molecule is CC(=O)c1c(C)[nH]c(C(=O)COC(=O)C2(c3ccc(Cl)cc3)CCCC2)c1C. The first-order chi connectivity index (χ1) is 13.3. The van der Waals surface area contributed by atoms with E-state index in [0.29, 0.717) is 40.4 Å². The number of hydrogen-bond acceptors (Lipinski definition) is 4. The summed E-state index contributed by atoms with van der Waals surface area (Å²) in [6, 6.07) is 7.25. The van der Waals surface area contributed by atoms with Crippen molar-refractivity contribution in [1.82, 2.24) is 4.98 Å². The lowest BCUT2D eigenvalue weighted by Gasteiger charge is -2.27. The molecule has 0 spiro atoms. The van der Waals surface area contributed by atoms with Crippen LogP contribution in [-0.4, -0.2) is 29.1 Å². The molecule has 1 aliphatic rings. The molecule has 0 bridgehead atoms. The van der Waals surface area contributed by atoms with Crippen molar-refractivity contribution >= 4 is 29.1 Å². The molecule has 6 heteroatoms. The molecule has 5 nitrogen and oxygen atoms in total. The topological polar surface area (TPSA) is 76.2 Å². The van der Waals surface area contributed by atoms with Crippen LogP contribution in [0.1, 0.15) is 70.3 Å². The lowest BCUT2D eigenvalue weighted by Crippen LogP contribution is -2.36. The second kappa shape index (κ2) is 7.92. The minimum atomic E-state index is -0.726. The van der Waals surface area contributed by atoms with E-state index in [1.165, 1.54) is 6.92 Å². The molecule has 0 unspecified atom stereocenters. The first-order valence-electron chi connectivity index (χ1n) is 9.43. The maximum Gasteiger partial charge on any atom is 0.317 e. The third-order valence-electron chi connectivity index (χ3n) is 5.65. The van der Waals surface area contributed by atoms with Crippen molar-refractivity contribution in [1.29, 1.82) is 0 Å². The highest BCUT2D eigenvalue weighted by molar-refractivity contribution is 6.30. The molecule has 0 amide bonds. The van der Waals surface area contributed by atoms with Crippen LogP contribution >= 0.6 is 11.6 Å². The number of H-pyrrole nitrogens is 1. The van der Waals surface area contributed by atoms with E-state index in [1.54, 1.807) is 26.0 Å². The molecule has 1 aromatic heterocycles. The zero-order valence-electron chi connectivity index (χ0n) is 16.4. The lowest BCUT2D eigenvalue weighted by molar-refractivity contribution is -0.149. The van der Waals surface area contributed by atoms with Crippen LogP contribution in [0.25, 0.3) is 0 Å². The van der Waals surface area contributed by atoms with Crippen molar-refractivity contribution in [2.24, 2.45) is 0 Å². The van der Waals surface area contributed by atoms with Gasteiger partial charge in [0.15, 0.2) is 12.4 Å². The van der Waals surface area contributed by atoms with Crippen molar-refractivity contribution in [3.63, 3.8) is 0 Å². The Labute approximate surface area is 169 Å². The molecule has 2 aromatic rings. The van der Waals surface area contributed by atoms with Crippen LogP contribution in [0.2, 0.25) is 5.02 Å². The molecule has 1 aliphatic carbocycles. The van der Waals surface area contributed by atoms with Gasteiger partial charge in [0.25, 0.3) is 0 Å². The number of aromatic amines is 1. The Balaban J connectivity index is 1.77. The number of aryl methyl sites for hydroxylation is 1. The smallest absolute Gasteiger partial charge is 0.317 e. The highest BCUT2D eigenvalue weighted by Gasteiger charge is 2.44. The molecule has 1 heterocycles. The third kappa shape index (κ3) is 3.63. The molecule has 0 radical (unpaired) electrons. The Morgan fingerprint density at radius 2 is 1.71 bits per heavy atom. The molecule has 1 N–H and O–H groups in total. The Morgan fingerprint density at radius 3 is 2.25 bits per heavy atom. The lowest BCUT2D eigenvalue weighted by atomic mass is 9.79.